The zero-order valence-corrected chi connectivity index (χ0v) is 10.7. The van der Waals surface area contributed by atoms with Crippen LogP contribution in [0.4, 0.5) is 4.39 Å². The number of benzene rings is 2. The lowest BCUT2D eigenvalue weighted by atomic mass is 10.0. The van der Waals surface area contributed by atoms with Gasteiger partial charge in [-0.15, -0.1) is 0 Å². The predicted octanol–water partition coefficient (Wildman–Crippen LogP) is 3.14. The van der Waals surface area contributed by atoms with E-state index in [2.05, 4.69) is 4.98 Å². The molecular weight excluding hydrogens is 285 g/mol. The first-order valence-electron chi connectivity index (χ1n) is 5.67. The maximum atomic E-state index is 13.7. The highest BCUT2D eigenvalue weighted by Gasteiger charge is 2.15. The molecule has 0 bridgehead atoms. The molecule has 0 aliphatic carbocycles. The molecule has 100 valence electrons. The van der Waals surface area contributed by atoms with E-state index in [0.717, 1.165) is 6.07 Å². The topological polar surface area (TPSA) is 63.1 Å². The van der Waals surface area contributed by atoms with Crippen LogP contribution in [0.2, 0.25) is 5.02 Å². The summed E-state index contributed by atoms with van der Waals surface area (Å²) in [7, 11) is 0. The Morgan fingerprint density at radius 3 is 2.75 bits per heavy atom. The standard InChI is InChI=1S/C14H7ClFNO3/c15-8-2-3-9(10(16)6-8)13(18)7-1-4-11-12(5-7)20-14(19)17-11/h1-6H,(H,17,19). The molecule has 0 saturated heterocycles. The first kappa shape index (κ1) is 12.6. The van der Waals surface area contributed by atoms with E-state index >= 15 is 0 Å². The second-order valence-electron chi connectivity index (χ2n) is 4.18. The van der Waals surface area contributed by atoms with E-state index in [1.54, 1.807) is 0 Å². The van der Waals surface area contributed by atoms with E-state index in [-0.39, 0.29) is 21.7 Å². The molecular formula is C14H7ClFNO3. The highest BCUT2D eigenvalue weighted by Crippen LogP contribution is 2.20. The van der Waals surface area contributed by atoms with Gasteiger partial charge in [-0.3, -0.25) is 9.78 Å². The average Bonchev–Trinajstić information content (AvgIpc) is 2.77. The van der Waals surface area contributed by atoms with Crippen molar-refractivity contribution in [2.45, 2.75) is 0 Å². The van der Waals surface area contributed by atoms with Gasteiger partial charge in [-0.1, -0.05) is 11.6 Å². The Labute approximate surface area is 116 Å². The molecule has 0 aliphatic heterocycles. The van der Waals surface area contributed by atoms with Crippen LogP contribution in [0.1, 0.15) is 15.9 Å². The molecule has 0 radical (unpaired) electrons. The molecule has 20 heavy (non-hydrogen) atoms. The number of aromatic nitrogens is 1. The van der Waals surface area contributed by atoms with Gasteiger partial charge in [0.1, 0.15) is 5.82 Å². The number of hydrogen-bond donors (Lipinski definition) is 1. The Morgan fingerprint density at radius 2 is 2.00 bits per heavy atom. The van der Waals surface area contributed by atoms with Gasteiger partial charge in [0, 0.05) is 10.6 Å². The average molecular weight is 292 g/mol. The molecule has 0 unspecified atom stereocenters. The van der Waals surface area contributed by atoms with Crippen LogP contribution >= 0.6 is 11.6 Å². The predicted molar refractivity (Wildman–Crippen MR) is 71.7 cm³/mol. The largest absolute Gasteiger partial charge is 0.417 e. The molecule has 0 amide bonds. The van der Waals surface area contributed by atoms with Crippen LogP contribution in [0.5, 0.6) is 0 Å². The number of oxazole rings is 1. The molecule has 0 saturated carbocycles. The summed E-state index contributed by atoms with van der Waals surface area (Å²) in [5, 5.41) is 0.214. The molecule has 3 rings (SSSR count). The second-order valence-corrected chi connectivity index (χ2v) is 4.62. The molecule has 4 nitrogen and oxygen atoms in total. The van der Waals surface area contributed by atoms with E-state index in [0.29, 0.717) is 5.52 Å². The molecule has 2 aromatic carbocycles. The monoisotopic (exact) mass is 291 g/mol. The summed E-state index contributed by atoms with van der Waals surface area (Å²) in [6, 6.07) is 8.24. The van der Waals surface area contributed by atoms with E-state index in [1.807, 2.05) is 0 Å². The van der Waals surface area contributed by atoms with Crippen molar-refractivity contribution in [1.29, 1.82) is 0 Å². The van der Waals surface area contributed by atoms with E-state index in [9.17, 15) is 14.0 Å². The molecule has 1 N–H and O–H groups in total. The van der Waals surface area contributed by atoms with Crippen molar-refractivity contribution in [1.82, 2.24) is 4.98 Å². The summed E-state index contributed by atoms with van der Waals surface area (Å²) < 4.78 is 18.6. The van der Waals surface area contributed by atoms with Crippen LogP contribution in [0, 0.1) is 5.82 Å². The van der Waals surface area contributed by atoms with Gasteiger partial charge in [0.25, 0.3) is 0 Å². The SMILES string of the molecule is O=C(c1ccc2[nH]c(=O)oc2c1)c1ccc(Cl)cc1F. The summed E-state index contributed by atoms with van der Waals surface area (Å²) in [4.78, 5) is 25.7. The second kappa shape index (κ2) is 4.61. The van der Waals surface area contributed by atoms with E-state index in [4.69, 9.17) is 16.0 Å². The Hall–Kier alpha value is -2.40. The molecule has 0 atom stereocenters. The van der Waals surface area contributed by atoms with E-state index < -0.39 is 17.4 Å². The number of rotatable bonds is 2. The summed E-state index contributed by atoms with van der Waals surface area (Å²) in [5.41, 5.74) is 0.853. The number of fused-ring (bicyclic) bond motifs is 1. The number of halogens is 2. The van der Waals surface area contributed by atoms with Gasteiger partial charge in [0.15, 0.2) is 11.4 Å². The lowest BCUT2D eigenvalue weighted by Gasteiger charge is -2.03. The zero-order chi connectivity index (χ0) is 14.3. The Bertz CT molecular complexity index is 882. The lowest BCUT2D eigenvalue weighted by Crippen LogP contribution is -2.04. The van der Waals surface area contributed by atoms with Gasteiger partial charge < -0.3 is 4.42 Å². The van der Waals surface area contributed by atoms with Crippen molar-refractivity contribution in [2.24, 2.45) is 0 Å². The maximum Gasteiger partial charge on any atom is 0.417 e. The van der Waals surface area contributed by atoms with Crippen LogP contribution in [0.3, 0.4) is 0 Å². The number of H-pyrrole nitrogens is 1. The highest BCUT2D eigenvalue weighted by molar-refractivity contribution is 6.30. The van der Waals surface area contributed by atoms with Gasteiger partial charge >= 0.3 is 5.76 Å². The molecule has 3 aromatic rings. The summed E-state index contributed by atoms with van der Waals surface area (Å²) in [5.74, 6) is -1.81. The molecule has 6 heteroatoms. The third-order valence-corrected chi connectivity index (χ3v) is 3.09. The molecule has 1 aromatic heterocycles. The van der Waals surface area contributed by atoms with Crippen LogP contribution in [-0.2, 0) is 0 Å². The number of nitrogens with one attached hydrogen (secondary N) is 1. The van der Waals surface area contributed by atoms with Gasteiger partial charge in [-0.25, -0.2) is 9.18 Å². The van der Waals surface area contributed by atoms with Crippen molar-refractivity contribution < 1.29 is 13.6 Å². The van der Waals surface area contributed by atoms with Crippen molar-refractivity contribution in [3.8, 4) is 0 Å². The van der Waals surface area contributed by atoms with Gasteiger partial charge in [-0.2, -0.15) is 0 Å². The van der Waals surface area contributed by atoms with Crippen LogP contribution < -0.4 is 5.76 Å². The first-order valence-corrected chi connectivity index (χ1v) is 6.05. The smallest absolute Gasteiger partial charge is 0.408 e. The molecule has 0 fully saturated rings. The van der Waals surface area contributed by atoms with Crippen LogP contribution in [0.25, 0.3) is 11.1 Å². The Balaban J connectivity index is 2.09. The summed E-state index contributed by atoms with van der Waals surface area (Å²) in [6.07, 6.45) is 0. The third kappa shape index (κ3) is 2.12. The normalized spacial score (nSPS) is 10.9. The van der Waals surface area contributed by atoms with Crippen LogP contribution in [-0.4, -0.2) is 10.8 Å². The fourth-order valence-corrected chi connectivity index (χ4v) is 2.07. The zero-order valence-electron chi connectivity index (χ0n) is 9.94. The minimum atomic E-state index is -0.696. The van der Waals surface area contributed by atoms with E-state index in [1.165, 1.54) is 30.3 Å². The molecule has 0 aliphatic rings. The Kier molecular flexibility index (Phi) is 2.91. The van der Waals surface area contributed by atoms with Crippen molar-refractivity contribution >= 4 is 28.5 Å². The van der Waals surface area contributed by atoms with Crippen molar-refractivity contribution in [3.05, 3.63) is 68.9 Å². The number of aromatic amines is 1. The lowest BCUT2D eigenvalue weighted by molar-refractivity contribution is 0.103. The van der Waals surface area contributed by atoms with Gasteiger partial charge in [-0.05, 0) is 36.4 Å². The third-order valence-electron chi connectivity index (χ3n) is 2.86. The number of carbonyl (C=O) groups is 1. The fraction of sp³-hybridized carbons (Fsp3) is 0. The van der Waals surface area contributed by atoms with Gasteiger partial charge in [0.05, 0.1) is 11.1 Å². The van der Waals surface area contributed by atoms with Crippen LogP contribution in [0.15, 0.2) is 45.6 Å². The molecule has 1 heterocycles. The van der Waals surface area contributed by atoms with Gasteiger partial charge in [0.2, 0.25) is 0 Å². The maximum absolute atomic E-state index is 13.7. The number of ketones is 1. The molecule has 0 spiro atoms. The quantitative estimate of drug-likeness (QED) is 0.738. The highest BCUT2D eigenvalue weighted by atomic mass is 35.5. The number of carbonyl (C=O) groups excluding carboxylic acids is 1. The minimum absolute atomic E-state index is 0.0911. The van der Waals surface area contributed by atoms with Crippen molar-refractivity contribution in [2.75, 3.05) is 0 Å². The number of hydrogen-bond acceptors (Lipinski definition) is 3. The Morgan fingerprint density at radius 1 is 1.20 bits per heavy atom. The minimum Gasteiger partial charge on any atom is -0.408 e. The van der Waals surface area contributed by atoms with Crippen molar-refractivity contribution in [3.63, 3.8) is 0 Å². The fourth-order valence-electron chi connectivity index (χ4n) is 1.92. The first-order chi connectivity index (χ1) is 9.54. The summed E-state index contributed by atoms with van der Waals surface area (Å²) >= 11 is 5.64. The summed E-state index contributed by atoms with van der Waals surface area (Å²) in [6.45, 7) is 0.